The van der Waals surface area contributed by atoms with Gasteiger partial charge in [-0.15, -0.1) is 0 Å². The van der Waals surface area contributed by atoms with E-state index in [1.165, 1.54) is 6.07 Å². The van der Waals surface area contributed by atoms with Gasteiger partial charge in [0.2, 0.25) is 5.91 Å². The van der Waals surface area contributed by atoms with Crippen LogP contribution in [-0.4, -0.2) is 35.0 Å². The van der Waals surface area contributed by atoms with E-state index < -0.39 is 0 Å². The highest BCUT2D eigenvalue weighted by molar-refractivity contribution is 5.95. The maximum atomic E-state index is 14.6. The Labute approximate surface area is 187 Å². The minimum atomic E-state index is -0.301. The minimum absolute atomic E-state index is 0.185. The van der Waals surface area contributed by atoms with Gasteiger partial charge in [-0.25, -0.2) is 9.37 Å². The average molecular weight is 435 g/mol. The molecular formula is C24H27FN6O. The van der Waals surface area contributed by atoms with Crippen molar-refractivity contribution in [3.05, 3.63) is 77.6 Å². The third-order valence-corrected chi connectivity index (χ3v) is 5.56. The number of guanidine groups is 1. The highest BCUT2D eigenvalue weighted by atomic mass is 19.1. The molecule has 4 rings (SSSR count). The van der Waals surface area contributed by atoms with Gasteiger partial charge in [0.25, 0.3) is 0 Å². The number of carbonyl (C=O) groups excluding carboxylic acids is 1. The Balaban J connectivity index is 1.31. The summed E-state index contributed by atoms with van der Waals surface area (Å²) < 4.78 is 16.3. The number of aliphatic imine (C=N–C) groups is 1. The van der Waals surface area contributed by atoms with Crippen molar-refractivity contribution >= 4 is 17.6 Å². The number of rotatable bonds is 6. The molecule has 2 aromatic carbocycles. The van der Waals surface area contributed by atoms with Gasteiger partial charge in [0.1, 0.15) is 11.6 Å². The molecule has 3 aromatic rings. The number of aryl methyl sites for hydroxylation is 1. The summed E-state index contributed by atoms with van der Waals surface area (Å²) in [5.41, 5.74) is 3.31. The van der Waals surface area contributed by atoms with Crippen LogP contribution in [0.5, 0.6) is 0 Å². The topological polar surface area (TPSA) is 74.6 Å². The van der Waals surface area contributed by atoms with Crippen molar-refractivity contribution in [3.63, 3.8) is 0 Å². The highest BCUT2D eigenvalue weighted by Gasteiger charge is 2.21. The SMILES string of the molecule is CN=C(NCc1ccc(N2CCCC2=O)cc1)NCc1ccc(-n2ccnc2C)c(F)c1. The smallest absolute Gasteiger partial charge is 0.227 e. The zero-order valence-corrected chi connectivity index (χ0v) is 18.3. The van der Waals surface area contributed by atoms with Gasteiger partial charge in [0.05, 0.1) is 5.69 Å². The molecule has 166 valence electrons. The summed E-state index contributed by atoms with van der Waals surface area (Å²) in [6.07, 6.45) is 4.94. The predicted molar refractivity (Wildman–Crippen MR) is 123 cm³/mol. The maximum Gasteiger partial charge on any atom is 0.227 e. The number of halogens is 1. The highest BCUT2D eigenvalue weighted by Crippen LogP contribution is 2.21. The van der Waals surface area contributed by atoms with E-state index in [1.807, 2.05) is 42.2 Å². The van der Waals surface area contributed by atoms with Gasteiger partial charge in [0.15, 0.2) is 5.96 Å². The summed E-state index contributed by atoms with van der Waals surface area (Å²) >= 11 is 0. The van der Waals surface area contributed by atoms with Crippen LogP contribution >= 0.6 is 0 Å². The molecule has 8 heteroatoms. The zero-order valence-electron chi connectivity index (χ0n) is 18.3. The molecular weight excluding hydrogens is 407 g/mol. The summed E-state index contributed by atoms with van der Waals surface area (Å²) in [4.78, 5) is 22.1. The summed E-state index contributed by atoms with van der Waals surface area (Å²) in [5, 5.41) is 6.47. The summed E-state index contributed by atoms with van der Waals surface area (Å²) in [6.45, 7) is 3.65. The van der Waals surface area contributed by atoms with Crippen LogP contribution in [0.2, 0.25) is 0 Å². The molecule has 0 aliphatic carbocycles. The Kier molecular flexibility index (Phi) is 6.49. The fourth-order valence-corrected chi connectivity index (χ4v) is 3.80. The Morgan fingerprint density at radius 3 is 2.44 bits per heavy atom. The lowest BCUT2D eigenvalue weighted by Gasteiger charge is -2.16. The Morgan fingerprint density at radius 2 is 1.84 bits per heavy atom. The van der Waals surface area contributed by atoms with Gasteiger partial charge in [-0.3, -0.25) is 9.79 Å². The fourth-order valence-electron chi connectivity index (χ4n) is 3.80. The Bertz CT molecular complexity index is 1120. The number of amides is 1. The van der Waals surface area contributed by atoms with Crippen LogP contribution in [0.15, 0.2) is 59.9 Å². The molecule has 0 bridgehead atoms. The molecule has 0 radical (unpaired) electrons. The van der Waals surface area contributed by atoms with Gasteiger partial charge in [-0.2, -0.15) is 0 Å². The van der Waals surface area contributed by atoms with E-state index in [0.717, 1.165) is 35.6 Å². The average Bonchev–Trinajstić information content (AvgIpc) is 3.42. The summed E-state index contributed by atoms with van der Waals surface area (Å²) in [7, 11) is 1.70. The standard InChI is InChI=1S/C24H27FN6O/c1-17-27-11-13-30(17)22-10-7-19(14-21(22)25)16-29-24(26-2)28-15-18-5-8-20(9-6-18)31-12-3-4-23(31)32/h5-11,13-14H,3-4,12,15-16H2,1-2H3,(H2,26,28,29). The zero-order chi connectivity index (χ0) is 22.5. The molecule has 2 heterocycles. The second-order valence-corrected chi connectivity index (χ2v) is 7.72. The first kappa shape index (κ1) is 21.5. The third-order valence-electron chi connectivity index (χ3n) is 5.56. The second kappa shape index (κ2) is 9.64. The molecule has 7 nitrogen and oxygen atoms in total. The first-order chi connectivity index (χ1) is 15.5. The van der Waals surface area contributed by atoms with E-state index in [9.17, 15) is 9.18 Å². The number of nitrogens with zero attached hydrogens (tertiary/aromatic N) is 4. The van der Waals surface area contributed by atoms with E-state index >= 15 is 0 Å². The monoisotopic (exact) mass is 434 g/mol. The lowest BCUT2D eigenvalue weighted by atomic mass is 10.2. The van der Waals surface area contributed by atoms with Gasteiger partial charge in [-0.1, -0.05) is 18.2 Å². The molecule has 1 aliphatic heterocycles. The van der Waals surface area contributed by atoms with Crippen molar-refractivity contribution in [2.75, 3.05) is 18.5 Å². The van der Waals surface area contributed by atoms with Gasteiger partial charge in [-0.05, 0) is 48.7 Å². The van der Waals surface area contributed by atoms with Crippen molar-refractivity contribution < 1.29 is 9.18 Å². The molecule has 1 fully saturated rings. The normalized spacial score (nSPS) is 14.2. The van der Waals surface area contributed by atoms with E-state index in [4.69, 9.17) is 0 Å². The number of anilines is 1. The van der Waals surface area contributed by atoms with Crippen molar-refractivity contribution in [1.29, 1.82) is 0 Å². The van der Waals surface area contributed by atoms with E-state index in [-0.39, 0.29) is 11.7 Å². The van der Waals surface area contributed by atoms with Crippen LogP contribution in [0, 0.1) is 12.7 Å². The fraction of sp³-hybridized carbons (Fsp3) is 0.292. The molecule has 0 atom stereocenters. The number of hydrogen-bond donors (Lipinski definition) is 2. The molecule has 0 spiro atoms. The molecule has 1 amide bonds. The van der Waals surface area contributed by atoms with E-state index in [0.29, 0.717) is 31.2 Å². The van der Waals surface area contributed by atoms with Crippen LogP contribution in [0.3, 0.4) is 0 Å². The van der Waals surface area contributed by atoms with Crippen LogP contribution in [0.1, 0.15) is 29.8 Å². The number of carbonyl (C=O) groups is 1. The lowest BCUT2D eigenvalue weighted by molar-refractivity contribution is -0.117. The quantitative estimate of drug-likeness (QED) is 0.461. The van der Waals surface area contributed by atoms with Crippen LogP contribution in [0.4, 0.5) is 10.1 Å². The van der Waals surface area contributed by atoms with Crippen LogP contribution < -0.4 is 15.5 Å². The van der Waals surface area contributed by atoms with Crippen molar-refractivity contribution in [3.8, 4) is 5.69 Å². The minimum Gasteiger partial charge on any atom is -0.352 e. The predicted octanol–water partition coefficient (Wildman–Crippen LogP) is 3.31. The van der Waals surface area contributed by atoms with E-state index in [2.05, 4.69) is 20.6 Å². The Morgan fingerprint density at radius 1 is 1.12 bits per heavy atom. The molecule has 0 saturated carbocycles. The lowest BCUT2D eigenvalue weighted by Crippen LogP contribution is -2.36. The molecule has 1 saturated heterocycles. The van der Waals surface area contributed by atoms with E-state index in [1.54, 1.807) is 30.1 Å². The van der Waals surface area contributed by atoms with Gasteiger partial charge >= 0.3 is 0 Å². The third kappa shape index (κ3) is 4.80. The number of imidazole rings is 1. The van der Waals surface area contributed by atoms with Crippen molar-refractivity contribution in [1.82, 2.24) is 20.2 Å². The summed E-state index contributed by atoms with van der Waals surface area (Å²) in [5.74, 6) is 1.24. The first-order valence-electron chi connectivity index (χ1n) is 10.7. The number of aromatic nitrogens is 2. The van der Waals surface area contributed by atoms with Crippen molar-refractivity contribution in [2.24, 2.45) is 4.99 Å². The molecule has 1 aliphatic rings. The molecule has 32 heavy (non-hydrogen) atoms. The number of nitrogens with one attached hydrogen (secondary N) is 2. The molecule has 1 aromatic heterocycles. The first-order valence-corrected chi connectivity index (χ1v) is 10.7. The second-order valence-electron chi connectivity index (χ2n) is 7.72. The van der Waals surface area contributed by atoms with Gasteiger partial charge in [0, 0.05) is 51.2 Å². The van der Waals surface area contributed by atoms with Crippen LogP contribution in [-0.2, 0) is 17.9 Å². The molecule has 0 unspecified atom stereocenters. The molecule has 2 N–H and O–H groups in total. The number of benzene rings is 2. The summed E-state index contributed by atoms with van der Waals surface area (Å²) in [6, 6.07) is 13.1. The Hall–Kier alpha value is -3.68. The van der Waals surface area contributed by atoms with Crippen molar-refractivity contribution in [2.45, 2.75) is 32.9 Å². The van der Waals surface area contributed by atoms with Gasteiger partial charge < -0.3 is 20.1 Å². The van der Waals surface area contributed by atoms with Crippen LogP contribution in [0.25, 0.3) is 5.69 Å². The maximum absolute atomic E-state index is 14.6. The largest absolute Gasteiger partial charge is 0.352 e. The number of hydrogen-bond acceptors (Lipinski definition) is 3.